The molecule has 0 radical (unpaired) electrons. The van der Waals surface area contributed by atoms with E-state index < -0.39 is 5.82 Å². The Kier molecular flexibility index (Phi) is 3.94. The van der Waals surface area contributed by atoms with Crippen molar-refractivity contribution in [3.05, 3.63) is 34.1 Å². The van der Waals surface area contributed by atoms with Crippen LogP contribution in [0.1, 0.15) is 36.0 Å². The first-order valence-corrected chi connectivity index (χ1v) is 6.64. The van der Waals surface area contributed by atoms with Crippen molar-refractivity contribution in [2.45, 2.75) is 31.7 Å². The van der Waals surface area contributed by atoms with Crippen LogP contribution in [0.25, 0.3) is 0 Å². The molecule has 0 bridgehead atoms. The summed E-state index contributed by atoms with van der Waals surface area (Å²) < 4.78 is 14.2. The highest BCUT2D eigenvalue weighted by atomic mass is 79.9. The zero-order valence-corrected chi connectivity index (χ0v) is 11.0. The largest absolute Gasteiger partial charge is 0.327 e. The topological polar surface area (TPSA) is 43.1 Å². The second-order valence-electron chi connectivity index (χ2n) is 4.52. The Morgan fingerprint density at radius 1 is 1.35 bits per heavy atom. The fourth-order valence-electron chi connectivity index (χ4n) is 2.38. The summed E-state index contributed by atoms with van der Waals surface area (Å²) in [6.45, 7) is 0. The molecule has 1 aliphatic rings. The third-order valence-electron chi connectivity index (χ3n) is 3.37. The molecular formula is C13H15BrFNO. The van der Waals surface area contributed by atoms with Crippen LogP contribution in [0.3, 0.4) is 0 Å². The van der Waals surface area contributed by atoms with Crippen molar-refractivity contribution in [2.24, 2.45) is 11.7 Å². The maximum absolute atomic E-state index is 13.8. The molecule has 1 aliphatic carbocycles. The van der Waals surface area contributed by atoms with Crippen molar-refractivity contribution in [1.82, 2.24) is 0 Å². The molecule has 2 rings (SSSR count). The van der Waals surface area contributed by atoms with Crippen molar-refractivity contribution in [1.29, 1.82) is 0 Å². The quantitative estimate of drug-likeness (QED) is 0.852. The zero-order chi connectivity index (χ0) is 12.4. The maximum Gasteiger partial charge on any atom is 0.170 e. The molecule has 2 nitrogen and oxygen atoms in total. The second-order valence-corrected chi connectivity index (χ2v) is 5.37. The van der Waals surface area contributed by atoms with E-state index in [2.05, 4.69) is 15.9 Å². The van der Waals surface area contributed by atoms with Crippen LogP contribution >= 0.6 is 15.9 Å². The molecule has 1 saturated carbocycles. The van der Waals surface area contributed by atoms with Crippen LogP contribution in [-0.2, 0) is 0 Å². The summed E-state index contributed by atoms with van der Waals surface area (Å²) in [5, 5.41) is 0. The molecule has 1 aromatic carbocycles. The lowest BCUT2D eigenvalue weighted by Crippen LogP contribution is -2.38. The van der Waals surface area contributed by atoms with E-state index in [0.717, 1.165) is 25.7 Å². The summed E-state index contributed by atoms with van der Waals surface area (Å²) in [4.78, 5) is 12.2. The number of rotatable bonds is 2. The third kappa shape index (κ3) is 2.58. The zero-order valence-electron chi connectivity index (χ0n) is 9.46. The van der Waals surface area contributed by atoms with Crippen LogP contribution in [0.2, 0.25) is 0 Å². The average Bonchev–Trinajstić information content (AvgIpc) is 2.32. The van der Waals surface area contributed by atoms with Gasteiger partial charge in [0.05, 0.1) is 10.0 Å². The molecule has 17 heavy (non-hydrogen) atoms. The van der Waals surface area contributed by atoms with Gasteiger partial charge in [-0.15, -0.1) is 0 Å². The summed E-state index contributed by atoms with van der Waals surface area (Å²) in [7, 11) is 0. The Hall–Kier alpha value is -0.740. The molecule has 92 valence electrons. The van der Waals surface area contributed by atoms with E-state index in [9.17, 15) is 9.18 Å². The van der Waals surface area contributed by atoms with Gasteiger partial charge in [-0.05, 0) is 40.9 Å². The van der Waals surface area contributed by atoms with Crippen molar-refractivity contribution in [3.63, 3.8) is 0 Å². The molecule has 2 unspecified atom stereocenters. The Morgan fingerprint density at radius 3 is 2.76 bits per heavy atom. The van der Waals surface area contributed by atoms with Gasteiger partial charge in [0, 0.05) is 12.0 Å². The van der Waals surface area contributed by atoms with Crippen molar-refractivity contribution >= 4 is 21.7 Å². The molecule has 1 aromatic rings. The van der Waals surface area contributed by atoms with E-state index in [1.165, 1.54) is 6.07 Å². The number of carbonyl (C=O) groups is 1. The minimum Gasteiger partial charge on any atom is -0.327 e. The van der Waals surface area contributed by atoms with Gasteiger partial charge in [0.25, 0.3) is 0 Å². The Balaban J connectivity index is 2.27. The van der Waals surface area contributed by atoms with Crippen LogP contribution in [0, 0.1) is 11.7 Å². The molecule has 0 saturated heterocycles. The van der Waals surface area contributed by atoms with E-state index in [-0.39, 0.29) is 23.3 Å². The van der Waals surface area contributed by atoms with E-state index in [4.69, 9.17) is 5.73 Å². The van der Waals surface area contributed by atoms with Gasteiger partial charge in [-0.3, -0.25) is 4.79 Å². The Morgan fingerprint density at radius 2 is 2.06 bits per heavy atom. The molecule has 0 aromatic heterocycles. The third-order valence-corrected chi connectivity index (χ3v) is 3.99. The molecular weight excluding hydrogens is 285 g/mol. The van der Waals surface area contributed by atoms with Crippen molar-refractivity contribution in [2.75, 3.05) is 0 Å². The molecule has 1 fully saturated rings. The van der Waals surface area contributed by atoms with E-state index in [0.29, 0.717) is 4.47 Å². The van der Waals surface area contributed by atoms with E-state index >= 15 is 0 Å². The van der Waals surface area contributed by atoms with Crippen LogP contribution in [0.15, 0.2) is 22.7 Å². The SMILES string of the molecule is NC1CCCCC1C(=O)c1cccc(Br)c1F. The number of hydrogen-bond acceptors (Lipinski definition) is 2. The smallest absolute Gasteiger partial charge is 0.170 e. The van der Waals surface area contributed by atoms with E-state index in [1.807, 2.05) is 0 Å². The highest BCUT2D eigenvalue weighted by Crippen LogP contribution is 2.28. The number of ketones is 1. The fraction of sp³-hybridized carbons (Fsp3) is 0.462. The van der Waals surface area contributed by atoms with Gasteiger partial charge >= 0.3 is 0 Å². The number of benzene rings is 1. The van der Waals surface area contributed by atoms with Gasteiger partial charge in [-0.2, -0.15) is 0 Å². The average molecular weight is 300 g/mol. The normalized spacial score (nSPS) is 24.6. The minimum absolute atomic E-state index is 0.130. The number of hydrogen-bond donors (Lipinski definition) is 1. The summed E-state index contributed by atoms with van der Waals surface area (Å²) >= 11 is 3.10. The first kappa shape index (κ1) is 12.7. The molecule has 0 spiro atoms. The van der Waals surface area contributed by atoms with Gasteiger partial charge in [0.15, 0.2) is 5.78 Å². The molecule has 0 amide bonds. The van der Waals surface area contributed by atoms with Crippen LogP contribution in [0.4, 0.5) is 4.39 Å². The molecule has 0 aliphatic heterocycles. The summed E-state index contributed by atoms with van der Waals surface area (Å²) in [5.74, 6) is -0.862. The van der Waals surface area contributed by atoms with Crippen LogP contribution in [0.5, 0.6) is 0 Å². The van der Waals surface area contributed by atoms with Crippen LogP contribution in [-0.4, -0.2) is 11.8 Å². The van der Waals surface area contributed by atoms with Crippen LogP contribution < -0.4 is 5.73 Å². The van der Waals surface area contributed by atoms with E-state index in [1.54, 1.807) is 12.1 Å². The predicted octanol–water partition coefficient (Wildman–Crippen LogP) is 3.29. The first-order chi connectivity index (χ1) is 8.11. The van der Waals surface area contributed by atoms with Gasteiger partial charge < -0.3 is 5.73 Å². The molecule has 2 N–H and O–H groups in total. The summed E-state index contributed by atoms with van der Waals surface area (Å²) in [5.41, 5.74) is 6.10. The number of carbonyl (C=O) groups excluding carboxylic acids is 1. The van der Waals surface area contributed by atoms with Gasteiger partial charge in [-0.25, -0.2) is 4.39 Å². The monoisotopic (exact) mass is 299 g/mol. The second kappa shape index (κ2) is 5.27. The number of Topliss-reactive ketones (excluding diaryl/α,β-unsaturated/α-hetero) is 1. The predicted molar refractivity (Wildman–Crippen MR) is 68.4 cm³/mol. The first-order valence-electron chi connectivity index (χ1n) is 5.85. The van der Waals surface area contributed by atoms with Gasteiger partial charge in [0.2, 0.25) is 0 Å². The highest BCUT2D eigenvalue weighted by molar-refractivity contribution is 9.10. The van der Waals surface area contributed by atoms with Crippen molar-refractivity contribution < 1.29 is 9.18 Å². The molecule has 0 heterocycles. The summed E-state index contributed by atoms with van der Waals surface area (Å²) in [6, 6.07) is 4.67. The number of nitrogens with two attached hydrogens (primary N) is 1. The lowest BCUT2D eigenvalue weighted by Gasteiger charge is -2.27. The Bertz CT molecular complexity index is 435. The molecule has 2 atom stereocenters. The highest BCUT2D eigenvalue weighted by Gasteiger charge is 2.30. The number of halogens is 2. The van der Waals surface area contributed by atoms with Crippen molar-refractivity contribution in [3.8, 4) is 0 Å². The minimum atomic E-state index is -0.477. The van der Waals surface area contributed by atoms with Gasteiger partial charge in [0.1, 0.15) is 5.82 Å². The summed E-state index contributed by atoms with van der Waals surface area (Å²) in [6.07, 6.45) is 3.68. The molecule has 4 heteroatoms. The lowest BCUT2D eigenvalue weighted by molar-refractivity contribution is 0.0866. The maximum atomic E-state index is 13.8. The standard InChI is InChI=1S/C13H15BrFNO/c14-10-6-3-5-9(12(10)15)13(17)8-4-1-2-7-11(8)16/h3,5-6,8,11H,1-2,4,7,16H2. The Labute approximate surface area is 109 Å². The fourth-order valence-corrected chi connectivity index (χ4v) is 2.75. The lowest BCUT2D eigenvalue weighted by atomic mass is 9.80. The van der Waals surface area contributed by atoms with Gasteiger partial charge in [-0.1, -0.05) is 18.9 Å².